The highest BCUT2D eigenvalue weighted by Crippen LogP contribution is 2.24. The maximum absolute atomic E-state index is 12.5. The van der Waals surface area contributed by atoms with Crippen molar-refractivity contribution >= 4 is 17.4 Å². The Morgan fingerprint density at radius 2 is 1.95 bits per heavy atom. The van der Waals surface area contributed by atoms with E-state index in [0.29, 0.717) is 22.9 Å². The summed E-state index contributed by atoms with van der Waals surface area (Å²) in [5.41, 5.74) is 2.49. The molecule has 0 atom stereocenters. The molecule has 0 aliphatic rings. The maximum Gasteiger partial charge on any atom is 0.171 e. The monoisotopic (exact) mass is 288 g/mol. The Labute approximate surface area is 124 Å². The quantitative estimate of drug-likeness (QED) is 0.759. The first-order valence-corrected chi connectivity index (χ1v) is 6.99. The molecule has 0 saturated heterocycles. The van der Waals surface area contributed by atoms with Crippen LogP contribution in [0.5, 0.6) is 5.75 Å². The van der Waals surface area contributed by atoms with Crippen LogP contribution >= 0.6 is 11.6 Å². The number of benzene rings is 2. The van der Waals surface area contributed by atoms with Crippen molar-refractivity contribution in [3.05, 3.63) is 64.2 Å². The Morgan fingerprint density at radius 3 is 2.65 bits per heavy atom. The molecule has 104 valence electrons. The minimum absolute atomic E-state index is 0.0188. The molecule has 0 radical (unpaired) electrons. The van der Waals surface area contributed by atoms with Crippen molar-refractivity contribution in [2.24, 2.45) is 0 Å². The van der Waals surface area contributed by atoms with Crippen molar-refractivity contribution in [3.63, 3.8) is 0 Å². The van der Waals surface area contributed by atoms with Crippen LogP contribution in [0.3, 0.4) is 0 Å². The summed E-state index contributed by atoms with van der Waals surface area (Å²) in [5.74, 6) is 0.653. The second kappa shape index (κ2) is 6.58. The first kappa shape index (κ1) is 14.6. The lowest BCUT2D eigenvalue weighted by atomic mass is 10.0. The van der Waals surface area contributed by atoms with Crippen LogP contribution in [0.15, 0.2) is 42.5 Å². The third-order valence-electron chi connectivity index (χ3n) is 3.04. The van der Waals surface area contributed by atoms with Crippen molar-refractivity contribution in [2.75, 3.05) is 6.61 Å². The number of carbonyl (C=O) groups excluding carboxylic acids is 1. The summed E-state index contributed by atoms with van der Waals surface area (Å²) >= 11 is 6.10. The molecule has 0 aliphatic heterocycles. The van der Waals surface area contributed by atoms with Crippen LogP contribution in [0.25, 0.3) is 0 Å². The molecule has 2 rings (SSSR count). The average Bonchev–Trinajstić information content (AvgIpc) is 2.43. The van der Waals surface area contributed by atoms with Gasteiger partial charge in [-0.05, 0) is 37.6 Å². The molecule has 0 amide bonds. The van der Waals surface area contributed by atoms with E-state index in [4.69, 9.17) is 16.3 Å². The number of halogens is 1. The number of hydrogen-bond acceptors (Lipinski definition) is 2. The second-order valence-electron chi connectivity index (χ2n) is 4.62. The van der Waals surface area contributed by atoms with Gasteiger partial charge in [-0.25, -0.2) is 0 Å². The topological polar surface area (TPSA) is 26.3 Å². The highest BCUT2D eigenvalue weighted by atomic mass is 35.5. The number of ketones is 1. The summed E-state index contributed by atoms with van der Waals surface area (Å²) < 4.78 is 5.53. The van der Waals surface area contributed by atoms with E-state index in [9.17, 15) is 4.79 Å². The lowest BCUT2D eigenvalue weighted by Crippen LogP contribution is -2.07. The molecule has 0 N–H and O–H groups in total. The summed E-state index contributed by atoms with van der Waals surface area (Å²) in [7, 11) is 0. The van der Waals surface area contributed by atoms with E-state index in [1.54, 1.807) is 6.07 Å². The maximum atomic E-state index is 12.5. The molecule has 0 aromatic heterocycles. The van der Waals surface area contributed by atoms with Gasteiger partial charge in [0, 0.05) is 11.4 Å². The van der Waals surface area contributed by atoms with Gasteiger partial charge in [0.25, 0.3) is 0 Å². The van der Waals surface area contributed by atoms with Gasteiger partial charge < -0.3 is 4.74 Å². The van der Waals surface area contributed by atoms with Crippen molar-refractivity contribution < 1.29 is 9.53 Å². The molecule has 0 aliphatic carbocycles. The van der Waals surface area contributed by atoms with Gasteiger partial charge in [-0.3, -0.25) is 4.79 Å². The minimum atomic E-state index is 0.0188. The number of hydrogen-bond donors (Lipinski definition) is 0. The van der Waals surface area contributed by atoms with E-state index in [0.717, 1.165) is 11.1 Å². The molecule has 0 fully saturated rings. The molecular formula is C17H17ClO2. The largest absolute Gasteiger partial charge is 0.493 e. The zero-order valence-corrected chi connectivity index (χ0v) is 12.4. The third-order valence-corrected chi connectivity index (χ3v) is 3.41. The standard InChI is InChI=1S/C17H17ClO2/c1-3-20-17-9-8-12(2)10-14(17)16(19)11-13-6-4-5-7-15(13)18/h4-10H,3,11H2,1-2H3. The first-order chi connectivity index (χ1) is 9.61. The van der Waals surface area contributed by atoms with Crippen LogP contribution in [0.1, 0.15) is 28.4 Å². The Balaban J connectivity index is 2.29. The van der Waals surface area contributed by atoms with E-state index < -0.39 is 0 Å². The van der Waals surface area contributed by atoms with Gasteiger partial charge >= 0.3 is 0 Å². The number of rotatable bonds is 5. The summed E-state index contributed by atoms with van der Waals surface area (Å²) in [6.07, 6.45) is 0.281. The highest BCUT2D eigenvalue weighted by molar-refractivity contribution is 6.31. The van der Waals surface area contributed by atoms with Crippen molar-refractivity contribution in [1.29, 1.82) is 0 Å². The fourth-order valence-corrected chi connectivity index (χ4v) is 2.26. The molecule has 0 unspecified atom stereocenters. The predicted octanol–water partition coefficient (Wildman–Crippen LogP) is 4.47. The normalized spacial score (nSPS) is 10.3. The predicted molar refractivity (Wildman–Crippen MR) is 81.8 cm³/mol. The zero-order valence-electron chi connectivity index (χ0n) is 11.7. The molecule has 0 heterocycles. The molecule has 0 saturated carbocycles. The van der Waals surface area contributed by atoms with Gasteiger partial charge in [0.1, 0.15) is 5.75 Å². The SMILES string of the molecule is CCOc1ccc(C)cc1C(=O)Cc1ccccc1Cl. The van der Waals surface area contributed by atoms with Crippen LogP contribution in [0.4, 0.5) is 0 Å². The molecular weight excluding hydrogens is 272 g/mol. The van der Waals surface area contributed by atoms with E-state index in [-0.39, 0.29) is 12.2 Å². The number of aryl methyl sites for hydroxylation is 1. The highest BCUT2D eigenvalue weighted by Gasteiger charge is 2.14. The van der Waals surface area contributed by atoms with Gasteiger partial charge in [-0.1, -0.05) is 41.4 Å². The molecule has 20 heavy (non-hydrogen) atoms. The van der Waals surface area contributed by atoms with E-state index in [1.807, 2.05) is 50.2 Å². The molecule has 2 aromatic carbocycles. The third kappa shape index (κ3) is 3.40. The first-order valence-electron chi connectivity index (χ1n) is 6.62. The van der Waals surface area contributed by atoms with Crippen molar-refractivity contribution in [3.8, 4) is 5.75 Å². The fourth-order valence-electron chi connectivity index (χ4n) is 2.05. The fraction of sp³-hybridized carbons (Fsp3) is 0.235. The Hall–Kier alpha value is -1.80. The summed E-state index contributed by atoms with van der Waals surface area (Å²) in [5, 5.41) is 0.617. The lowest BCUT2D eigenvalue weighted by molar-refractivity contribution is 0.0989. The van der Waals surface area contributed by atoms with Gasteiger partial charge in [0.2, 0.25) is 0 Å². The molecule has 3 heteroatoms. The van der Waals surface area contributed by atoms with Crippen molar-refractivity contribution in [2.45, 2.75) is 20.3 Å². The molecule has 2 nitrogen and oxygen atoms in total. The summed E-state index contributed by atoms with van der Waals surface area (Å²) in [6, 6.07) is 13.1. The number of Topliss-reactive ketones (excluding diaryl/α,β-unsaturated/α-hetero) is 1. The van der Waals surface area contributed by atoms with E-state index >= 15 is 0 Å². The van der Waals surface area contributed by atoms with Gasteiger partial charge in [-0.15, -0.1) is 0 Å². The Kier molecular flexibility index (Phi) is 4.80. The number of ether oxygens (including phenoxy) is 1. The van der Waals surface area contributed by atoms with Crippen LogP contribution in [0, 0.1) is 6.92 Å². The minimum Gasteiger partial charge on any atom is -0.493 e. The van der Waals surface area contributed by atoms with Crippen LogP contribution in [-0.4, -0.2) is 12.4 Å². The molecule has 0 spiro atoms. The van der Waals surface area contributed by atoms with Gasteiger partial charge in [0.05, 0.1) is 12.2 Å². The van der Waals surface area contributed by atoms with E-state index in [2.05, 4.69) is 0 Å². The van der Waals surface area contributed by atoms with Gasteiger partial charge in [0.15, 0.2) is 5.78 Å². The average molecular weight is 289 g/mol. The van der Waals surface area contributed by atoms with E-state index in [1.165, 1.54) is 0 Å². The summed E-state index contributed by atoms with van der Waals surface area (Å²) in [4.78, 5) is 12.5. The molecule has 2 aromatic rings. The Bertz CT molecular complexity index is 620. The smallest absolute Gasteiger partial charge is 0.171 e. The van der Waals surface area contributed by atoms with Crippen molar-refractivity contribution in [1.82, 2.24) is 0 Å². The van der Waals surface area contributed by atoms with Crippen LogP contribution in [-0.2, 0) is 6.42 Å². The lowest BCUT2D eigenvalue weighted by Gasteiger charge is -2.11. The number of carbonyl (C=O) groups is 1. The zero-order chi connectivity index (χ0) is 14.5. The second-order valence-corrected chi connectivity index (χ2v) is 5.03. The molecule has 0 bridgehead atoms. The Morgan fingerprint density at radius 1 is 1.20 bits per heavy atom. The van der Waals surface area contributed by atoms with Crippen LogP contribution in [0.2, 0.25) is 5.02 Å². The summed E-state index contributed by atoms with van der Waals surface area (Å²) in [6.45, 7) is 4.40. The van der Waals surface area contributed by atoms with Crippen LogP contribution < -0.4 is 4.74 Å². The van der Waals surface area contributed by atoms with Gasteiger partial charge in [-0.2, -0.15) is 0 Å².